The molecule has 0 spiro atoms. The van der Waals surface area contributed by atoms with Crippen molar-refractivity contribution in [2.75, 3.05) is 5.32 Å². The Bertz CT molecular complexity index is 643. The van der Waals surface area contributed by atoms with Gasteiger partial charge in [0.05, 0.1) is 5.52 Å². The van der Waals surface area contributed by atoms with Crippen LogP contribution in [0.5, 0.6) is 0 Å². The van der Waals surface area contributed by atoms with E-state index in [1.807, 2.05) is 32.0 Å². The molecule has 6 heteroatoms. The maximum absolute atomic E-state index is 10.7. The predicted octanol–water partition coefficient (Wildman–Crippen LogP) is 3.29. The maximum atomic E-state index is 10.7. The van der Waals surface area contributed by atoms with E-state index in [1.165, 1.54) is 6.33 Å². The van der Waals surface area contributed by atoms with Crippen LogP contribution in [0, 0.1) is 3.57 Å². The molecule has 0 fully saturated rings. The summed E-state index contributed by atoms with van der Waals surface area (Å²) in [5.74, 6) is -0.0501. The summed E-state index contributed by atoms with van der Waals surface area (Å²) < 4.78 is 1.11. The summed E-state index contributed by atoms with van der Waals surface area (Å²) in [6.45, 7) is 3.94. The van der Waals surface area contributed by atoms with Crippen LogP contribution >= 0.6 is 22.6 Å². The zero-order valence-electron chi connectivity index (χ0n) is 11.4. The number of aliphatic carboxylic acids is 1. The fraction of sp³-hybridized carbons (Fsp3) is 0.357. The van der Waals surface area contributed by atoms with E-state index in [-0.39, 0.29) is 12.0 Å². The largest absolute Gasteiger partial charge is 0.481 e. The van der Waals surface area contributed by atoms with Crippen LogP contribution in [-0.2, 0) is 4.79 Å². The van der Waals surface area contributed by atoms with Gasteiger partial charge in [0, 0.05) is 20.9 Å². The first-order valence-corrected chi connectivity index (χ1v) is 7.35. The van der Waals surface area contributed by atoms with E-state index in [4.69, 9.17) is 5.11 Å². The molecule has 0 unspecified atom stereocenters. The number of benzene rings is 1. The van der Waals surface area contributed by atoms with Gasteiger partial charge in [0.2, 0.25) is 0 Å². The van der Waals surface area contributed by atoms with Gasteiger partial charge >= 0.3 is 5.97 Å². The van der Waals surface area contributed by atoms with Crippen LogP contribution in [-0.4, -0.2) is 26.6 Å². The Morgan fingerprint density at radius 3 is 2.85 bits per heavy atom. The number of hydrogen-bond donors (Lipinski definition) is 2. The lowest BCUT2D eigenvalue weighted by atomic mass is 9.98. The molecule has 0 saturated heterocycles. The van der Waals surface area contributed by atoms with Crippen LogP contribution in [0.2, 0.25) is 0 Å². The number of fused-ring (bicyclic) bond motifs is 1. The SMILES string of the molecule is CC(C)(CCC(=O)O)Nc1ncnc2ccc(I)cc12. The molecule has 106 valence electrons. The maximum Gasteiger partial charge on any atom is 0.303 e. The third kappa shape index (κ3) is 3.78. The molecule has 2 rings (SSSR count). The summed E-state index contributed by atoms with van der Waals surface area (Å²) in [5.41, 5.74) is 0.526. The highest BCUT2D eigenvalue weighted by Crippen LogP contribution is 2.25. The van der Waals surface area contributed by atoms with Gasteiger partial charge in [0.25, 0.3) is 0 Å². The fourth-order valence-electron chi connectivity index (χ4n) is 1.93. The van der Waals surface area contributed by atoms with Crippen molar-refractivity contribution in [1.29, 1.82) is 0 Å². The van der Waals surface area contributed by atoms with Gasteiger partial charge in [-0.1, -0.05) is 0 Å². The Balaban J connectivity index is 2.29. The number of anilines is 1. The van der Waals surface area contributed by atoms with Crippen molar-refractivity contribution in [3.8, 4) is 0 Å². The number of rotatable bonds is 5. The van der Waals surface area contributed by atoms with E-state index in [1.54, 1.807) is 0 Å². The molecular formula is C14H16IN3O2. The van der Waals surface area contributed by atoms with Crippen molar-refractivity contribution >= 4 is 45.3 Å². The van der Waals surface area contributed by atoms with Crippen molar-refractivity contribution in [2.45, 2.75) is 32.2 Å². The zero-order valence-corrected chi connectivity index (χ0v) is 13.5. The monoisotopic (exact) mass is 385 g/mol. The summed E-state index contributed by atoms with van der Waals surface area (Å²) in [5, 5.41) is 13.1. The van der Waals surface area contributed by atoms with Crippen molar-refractivity contribution in [1.82, 2.24) is 9.97 Å². The topological polar surface area (TPSA) is 75.1 Å². The Kier molecular flexibility index (Phi) is 4.42. The summed E-state index contributed by atoms with van der Waals surface area (Å²) in [4.78, 5) is 19.2. The quantitative estimate of drug-likeness (QED) is 0.773. The van der Waals surface area contributed by atoms with Crippen molar-refractivity contribution < 1.29 is 9.90 Å². The highest BCUT2D eigenvalue weighted by atomic mass is 127. The number of hydrogen-bond acceptors (Lipinski definition) is 4. The zero-order chi connectivity index (χ0) is 14.8. The molecule has 2 aromatic rings. The van der Waals surface area contributed by atoms with Crippen molar-refractivity contribution in [3.05, 3.63) is 28.1 Å². The molecule has 5 nitrogen and oxygen atoms in total. The average Bonchev–Trinajstić information content (AvgIpc) is 2.37. The van der Waals surface area contributed by atoms with E-state index >= 15 is 0 Å². The third-order valence-electron chi connectivity index (χ3n) is 3.02. The first-order chi connectivity index (χ1) is 9.37. The molecule has 0 aliphatic rings. The van der Waals surface area contributed by atoms with E-state index < -0.39 is 5.97 Å². The first-order valence-electron chi connectivity index (χ1n) is 6.28. The van der Waals surface area contributed by atoms with Gasteiger partial charge in [0.1, 0.15) is 12.1 Å². The molecule has 0 radical (unpaired) electrons. The number of aromatic nitrogens is 2. The number of carbonyl (C=O) groups is 1. The first kappa shape index (κ1) is 15.0. The lowest BCUT2D eigenvalue weighted by Gasteiger charge is -2.26. The summed E-state index contributed by atoms with van der Waals surface area (Å²) >= 11 is 2.25. The Morgan fingerprint density at radius 1 is 1.40 bits per heavy atom. The molecule has 1 aromatic heterocycles. The minimum absolute atomic E-state index is 0.126. The highest BCUT2D eigenvalue weighted by Gasteiger charge is 2.20. The molecule has 0 aliphatic carbocycles. The second-order valence-electron chi connectivity index (χ2n) is 5.29. The number of carboxylic acid groups (broad SMARTS) is 1. The molecule has 0 bridgehead atoms. The van der Waals surface area contributed by atoms with Gasteiger partial charge in [-0.2, -0.15) is 0 Å². The molecule has 2 N–H and O–H groups in total. The second kappa shape index (κ2) is 5.90. The average molecular weight is 385 g/mol. The smallest absolute Gasteiger partial charge is 0.303 e. The lowest BCUT2D eigenvalue weighted by Crippen LogP contribution is -2.32. The number of nitrogens with one attached hydrogen (secondary N) is 1. The molecule has 0 atom stereocenters. The van der Waals surface area contributed by atoms with Gasteiger partial charge in [-0.05, 0) is 61.1 Å². The second-order valence-corrected chi connectivity index (χ2v) is 6.53. The fourth-order valence-corrected chi connectivity index (χ4v) is 2.42. The van der Waals surface area contributed by atoms with E-state index in [2.05, 4.69) is 37.9 Å². The summed E-state index contributed by atoms with van der Waals surface area (Å²) in [7, 11) is 0. The Hall–Kier alpha value is -1.44. The number of nitrogens with zero attached hydrogens (tertiary/aromatic N) is 2. The molecular weight excluding hydrogens is 369 g/mol. The molecule has 1 aromatic carbocycles. The van der Waals surface area contributed by atoms with Crippen molar-refractivity contribution in [3.63, 3.8) is 0 Å². The van der Waals surface area contributed by atoms with Gasteiger partial charge in [0.15, 0.2) is 0 Å². The van der Waals surface area contributed by atoms with Gasteiger partial charge in [-0.3, -0.25) is 4.79 Å². The van der Waals surface area contributed by atoms with Gasteiger partial charge < -0.3 is 10.4 Å². The van der Waals surface area contributed by atoms with E-state index in [0.29, 0.717) is 6.42 Å². The number of halogens is 1. The standard InChI is InChI=1S/C14H16IN3O2/c1-14(2,6-5-12(19)20)18-13-10-7-9(15)3-4-11(10)16-8-17-13/h3-4,7-8H,5-6H2,1-2H3,(H,19,20)(H,16,17,18). The van der Waals surface area contributed by atoms with Crippen LogP contribution in [0.25, 0.3) is 10.9 Å². The Morgan fingerprint density at radius 2 is 2.15 bits per heavy atom. The van der Waals surface area contributed by atoms with Crippen LogP contribution in [0.3, 0.4) is 0 Å². The molecule has 0 amide bonds. The number of carboxylic acids is 1. The van der Waals surface area contributed by atoms with Crippen LogP contribution in [0.4, 0.5) is 5.82 Å². The summed E-state index contributed by atoms with van der Waals surface area (Å²) in [6.07, 6.45) is 2.17. The molecule has 20 heavy (non-hydrogen) atoms. The minimum Gasteiger partial charge on any atom is -0.481 e. The van der Waals surface area contributed by atoms with Crippen LogP contribution in [0.15, 0.2) is 24.5 Å². The normalized spacial score (nSPS) is 11.6. The summed E-state index contributed by atoms with van der Waals surface area (Å²) in [6, 6.07) is 5.97. The van der Waals surface area contributed by atoms with E-state index in [9.17, 15) is 4.79 Å². The van der Waals surface area contributed by atoms with E-state index in [0.717, 1.165) is 20.3 Å². The third-order valence-corrected chi connectivity index (χ3v) is 3.69. The Labute approximate surface area is 131 Å². The van der Waals surface area contributed by atoms with Gasteiger partial charge in [-0.15, -0.1) is 0 Å². The molecule has 0 aliphatic heterocycles. The van der Waals surface area contributed by atoms with Crippen LogP contribution in [0.1, 0.15) is 26.7 Å². The predicted molar refractivity (Wildman–Crippen MR) is 86.8 cm³/mol. The van der Waals surface area contributed by atoms with Gasteiger partial charge in [-0.25, -0.2) is 9.97 Å². The van der Waals surface area contributed by atoms with Crippen LogP contribution < -0.4 is 5.32 Å². The highest BCUT2D eigenvalue weighted by molar-refractivity contribution is 14.1. The lowest BCUT2D eigenvalue weighted by molar-refractivity contribution is -0.137. The minimum atomic E-state index is -0.790. The van der Waals surface area contributed by atoms with Crippen molar-refractivity contribution in [2.24, 2.45) is 0 Å². The molecule has 1 heterocycles. The molecule has 0 saturated carbocycles.